The minimum absolute atomic E-state index is 0.0126. The molecule has 0 bridgehead atoms. The summed E-state index contributed by atoms with van der Waals surface area (Å²) in [5.74, 6) is 0. The lowest BCUT2D eigenvalue weighted by Gasteiger charge is -2.37. The van der Waals surface area contributed by atoms with Crippen molar-refractivity contribution in [3.63, 3.8) is 0 Å². The summed E-state index contributed by atoms with van der Waals surface area (Å²) >= 11 is 0. The summed E-state index contributed by atoms with van der Waals surface area (Å²) in [5.41, 5.74) is -1.83. The predicted molar refractivity (Wildman–Crippen MR) is 218 cm³/mol. The van der Waals surface area contributed by atoms with Crippen LogP contribution in [0.2, 0.25) is 0 Å². The van der Waals surface area contributed by atoms with E-state index in [2.05, 4.69) is 39.5 Å². The molecule has 0 fully saturated rings. The van der Waals surface area contributed by atoms with Crippen molar-refractivity contribution >= 4 is 0 Å². The molecule has 0 spiro atoms. The lowest BCUT2D eigenvalue weighted by Crippen LogP contribution is -2.43. The Morgan fingerprint density at radius 3 is 0.638 bits per heavy atom. The van der Waals surface area contributed by atoms with Gasteiger partial charge in [0.25, 0.3) is 0 Å². The molecule has 4 atom stereocenters. The van der Waals surface area contributed by atoms with Gasteiger partial charge in [0.1, 0.15) is 77.3 Å². The van der Waals surface area contributed by atoms with Gasteiger partial charge in [-0.1, -0.05) is 13.8 Å². The third-order valence-corrected chi connectivity index (χ3v) is 9.65. The van der Waals surface area contributed by atoms with Crippen LogP contribution in [-0.4, -0.2) is 223 Å². The summed E-state index contributed by atoms with van der Waals surface area (Å²) in [5, 5.41) is 0. The van der Waals surface area contributed by atoms with Gasteiger partial charge in [0.05, 0.1) is 145 Å². The summed E-state index contributed by atoms with van der Waals surface area (Å²) in [6, 6.07) is 0. The van der Waals surface area contributed by atoms with Gasteiger partial charge in [0, 0.05) is 10.8 Å². The topological polar surface area (TPSA) is 194 Å². The van der Waals surface area contributed by atoms with E-state index in [0.29, 0.717) is 12.8 Å². The first kappa shape index (κ1) is 67.6. The van der Waals surface area contributed by atoms with Crippen molar-refractivity contribution in [3.05, 3.63) is 0 Å². The Bertz CT molecular complexity index is 913. The molecular weight excluding hydrogens is 968 g/mol. The van der Waals surface area contributed by atoms with Crippen molar-refractivity contribution < 1.29 is 137 Å². The maximum atomic E-state index is 12.4. The van der Waals surface area contributed by atoms with E-state index >= 15 is 0 Å². The first-order valence-corrected chi connectivity index (χ1v) is 22.3. The maximum absolute atomic E-state index is 12.4. The number of rotatable bonds is 58. The van der Waals surface area contributed by atoms with Crippen LogP contribution in [0.1, 0.15) is 26.7 Å². The Balaban J connectivity index is 6.51. The van der Waals surface area contributed by atoms with E-state index in [9.17, 15) is 36.2 Å². The van der Waals surface area contributed by atoms with Crippen molar-refractivity contribution in [1.82, 2.24) is 0 Å². The Morgan fingerprint density at radius 1 is 0.246 bits per heavy atom. The molecule has 0 aliphatic carbocycles. The summed E-state index contributed by atoms with van der Waals surface area (Å²) in [7, 11) is 0. The molecule has 69 heavy (non-hydrogen) atoms. The molecule has 21 nitrogen and oxygen atoms in total. The molecule has 29 heteroatoms. The average molecular weight is 1040 g/mol. The lowest BCUT2D eigenvalue weighted by atomic mass is 9.86. The van der Waals surface area contributed by atoms with Gasteiger partial charge in [-0.3, -0.25) is 0 Å². The van der Waals surface area contributed by atoms with Gasteiger partial charge < -0.3 is 61.6 Å². The largest absolute Gasteiger partial charge is 0.380 e. The van der Waals surface area contributed by atoms with Gasteiger partial charge in [0.15, 0.2) is 0 Å². The third kappa shape index (κ3) is 38.8. The van der Waals surface area contributed by atoms with Crippen LogP contribution in [0.4, 0.5) is 36.2 Å². The molecule has 0 aromatic heterocycles. The van der Waals surface area contributed by atoms with Gasteiger partial charge in [-0.15, -0.1) is 0 Å². The predicted octanol–water partition coefficient (Wildman–Crippen LogP) is 4.68. The molecule has 0 amide bonds. The molecule has 0 saturated carbocycles. The van der Waals surface area contributed by atoms with Crippen LogP contribution in [0.5, 0.6) is 0 Å². The zero-order valence-corrected chi connectivity index (χ0v) is 39.5. The van der Waals surface area contributed by atoms with E-state index in [1.807, 2.05) is 13.8 Å². The second-order valence-electron chi connectivity index (χ2n) is 15.0. The van der Waals surface area contributed by atoms with Gasteiger partial charge in [0.2, 0.25) is 0 Å². The van der Waals surface area contributed by atoms with Crippen LogP contribution in [0, 0.1) is 10.8 Å². The minimum atomic E-state index is -0.914. The van der Waals surface area contributed by atoms with Gasteiger partial charge in [-0.05, 0) is 49.1 Å². The van der Waals surface area contributed by atoms with Gasteiger partial charge in [-0.2, -0.15) is 39.5 Å². The lowest BCUT2D eigenvalue weighted by molar-refractivity contribution is -0.175. The molecule has 0 N–H and O–H groups in total. The van der Waals surface area contributed by atoms with Crippen LogP contribution in [-0.2, 0) is 101 Å². The summed E-state index contributed by atoms with van der Waals surface area (Å²) in [4.78, 5) is 28.5. The summed E-state index contributed by atoms with van der Waals surface area (Å²) < 4.78 is 174. The molecule has 0 aliphatic rings. The van der Waals surface area contributed by atoms with Crippen LogP contribution in [0.15, 0.2) is 0 Å². The second kappa shape index (κ2) is 50.1. The van der Waals surface area contributed by atoms with Crippen molar-refractivity contribution in [2.45, 2.75) is 51.1 Å². The zero-order valence-electron chi connectivity index (χ0n) is 39.5. The fourth-order valence-electron chi connectivity index (χ4n) is 5.76. The quantitative estimate of drug-likeness (QED) is 0.0602. The fraction of sp³-hybridized carbons (Fsp3) is 1.00. The van der Waals surface area contributed by atoms with Crippen molar-refractivity contribution in [2.24, 2.45) is 10.8 Å². The molecule has 0 radical (unpaired) electrons. The summed E-state index contributed by atoms with van der Waals surface area (Å²) in [6.45, 7) is -0.881. The highest BCUT2D eigenvalue weighted by Crippen LogP contribution is 2.29. The van der Waals surface area contributed by atoms with Crippen molar-refractivity contribution in [3.8, 4) is 0 Å². The normalized spacial score (nSPS) is 15.6. The standard InChI is InChI=1S/C40H74F8O21/c1-3-39(29-53-25-35(58-9-17-66-45)21-49-5-13-62-41,30-54-26-36(59-10-18-67-46)22-50-6-14-63-42)33-57-34-40(4-2,31-55-27-37(60-11-19-68-47)23-51-7-15-64-43)32-56-28-38(61-12-20-69-48)24-52-8-16-65-44/h35-38H,3-34H2,1-2H3. The van der Waals surface area contributed by atoms with Crippen LogP contribution in [0.3, 0.4) is 0 Å². The Hall–Kier alpha value is -1.40. The molecule has 0 rings (SSSR count). The molecular formula is C40H74F8O21. The SMILES string of the molecule is CCC(COCC(COCCOF)OCCOF)(COCC(COCCOF)OCCOF)COCC(CC)(COCC(COCCOF)OCCOF)COCC(COCCOF)OCCOF. The number of halogens is 8. The van der Waals surface area contributed by atoms with Crippen molar-refractivity contribution in [2.75, 3.05) is 198 Å². The van der Waals surface area contributed by atoms with E-state index in [1.165, 1.54) is 0 Å². The highest BCUT2D eigenvalue weighted by Gasteiger charge is 2.35. The highest BCUT2D eigenvalue weighted by atomic mass is 19.3. The van der Waals surface area contributed by atoms with Crippen LogP contribution < -0.4 is 0 Å². The van der Waals surface area contributed by atoms with Gasteiger partial charge in [-0.25, -0.2) is 0 Å². The first-order valence-electron chi connectivity index (χ1n) is 22.3. The molecule has 4 unspecified atom stereocenters. The Morgan fingerprint density at radius 2 is 0.435 bits per heavy atom. The zero-order chi connectivity index (χ0) is 50.8. The summed E-state index contributed by atoms with van der Waals surface area (Å²) in [6.07, 6.45) is -2.23. The van der Waals surface area contributed by atoms with E-state index in [0.717, 1.165) is 0 Å². The van der Waals surface area contributed by atoms with E-state index in [-0.39, 0.29) is 198 Å². The molecule has 416 valence electrons. The van der Waals surface area contributed by atoms with E-state index in [4.69, 9.17) is 61.6 Å². The Labute approximate surface area is 397 Å². The Kier molecular flexibility index (Phi) is 49.1. The molecule has 0 heterocycles. The maximum Gasteiger partial charge on any atom is 0.111 e. The highest BCUT2D eigenvalue weighted by molar-refractivity contribution is 4.82. The third-order valence-electron chi connectivity index (χ3n) is 9.65. The number of ether oxygens (including phenoxy) is 13. The first-order chi connectivity index (χ1) is 33.8. The average Bonchev–Trinajstić information content (AvgIpc) is 3.35. The number of hydrogen-bond acceptors (Lipinski definition) is 21. The molecule has 0 aromatic carbocycles. The van der Waals surface area contributed by atoms with Crippen LogP contribution >= 0.6 is 0 Å². The van der Waals surface area contributed by atoms with Crippen LogP contribution in [0.25, 0.3) is 0 Å². The van der Waals surface area contributed by atoms with E-state index < -0.39 is 35.2 Å². The molecule has 0 saturated heterocycles. The number of hydrogen-bond donors (Lipinski definition) is 0. The molecule has 0 aliphatic heterocycles. The molecule has 0 aromatic rings. The second-order valence-corrected chi connectivity index (χ2v) is 15.0. The van der Waals surface area contributed by atoms with E-state index in [1.54, 1.807) is 0 Å². The minimum Gasteiger partial charge on any atom is -0.380 e. The van der Waals surface area contributed by atoms with Crippen molar-refractivity contribution in [1.29, 1.82) is 0 Å². The smallest absolute Gasteiger partial charge is 0.111 e. The fourth-order valence-corrected chi connectivity index (χ4v) is 5.76. The monoisotopic (exact) mass is 1040 g/mol. The van der Waals surface area contributed by atoms with Gasteiger partial charge >= 0.3 is 0 Å².